The first-order valence-corrected chi connectivity index (χ1v) is 7.70. The number of hydrogen-bond acceptors (Lipinski definition) is 3. The van der Waals surface area contributed by atoms with E-state index in [0.29, 0.717) is 11.8 Å². The van der Waals surface area contributed by atoms with Crippen LogP contribution in [0.1, 0.15) is 41.0 Å². The predicted molar refractivity (Wildman–Crippen MR) is 88.5 cm³/mol. The summed E-state index contributed by atoms with van der Waals surface area (Å²) in [7, 11) is 0. The summed E-state index contributed by atoms with van der Waals surface area (Å²) in [5, 5.41) is 0. The lowest BCUT2D eigenvalue weighted by Gasteiger charge is -2.29. The van der Waals surface area contributed by atoms with Gasteiger partial charge in [-0.15, -0.1) is 0 Å². The number of hydrogen-bond donors (Lipinski definition) is 1. The topological polar surface area (TPSA) is 38.5 Å². The molecule has 0 heterocycles. The zero-order valence-electron chi connectivity index (χ0n) is 13.6. The van der Waals surface area contributed by atoms with Crippen molar-refractivity contribution in [1.29, 1.82) is 0 Å². The molecule has 0 saturated carbocycles. The number of rotatable bonds is 8. The van der Waals surface area contributed by atoms with Crippen LogP contribution in [-0.4, -0.2) is 19.7 Å². The number of nitrogens with zero attached hydrogens (tertiary/aromatic N) is 1. The van der Waals surface area contributed by atoms with Crippen molar-refractivity contribution in [3.8, 4) is 5.75 Å². The number of benzene rings is 1. The Morgan fingerprint density at radius 3 is 2.15 bits per heavy atom. The lowest BCUT2D eigenvalue weighted by atomic mass is 10.1. The van der Waals surface area contributed by atoms with Gasteiger partial charge in [0.25, 0.3) is 0 Å². The van der Waals surface area contributed by atoms with Crippen LogP contribution in [0.4, 0.5) is 11.4 Å². The van der Waals surface area contributed by atoms with E-state index in [2.05, 4.69) is 45.6 Å². The summed E-state index contributed by atoms with van der Waals surface area (Å²) >= 11 is 0. The second-order valence-corrected chi connectivity index (χ2v) is 6.30. The molecule has 3 heteroatoms. The first-order chi connectivity index (χ1) is 9.42. The highest BCUT2D eigenvalue weighted by Crippen LogP contribution is 2.27. The predicted octanol–water partition coefficient (Wildman–Crippen LogP) is 4.18. The second-order valence-electron chi connectivity index (χ2n) is 6.30. The van der Waals surface area contributed by atoms with Gasteiger partial charge in [-0.05, 0) is 24.3 Å². The minimum Gasteiger partial charge on any atom is -0.493 e. The highest BCUT2D eigenvalue weighted by molar-refractivity contribution is 5.60. The summed E-state index contributed by atoms with van der Waals surface area (Å²) in [6.07, 6.45) is 1.01. The molecule has 0 radical (unpaired) electrons. The van der Waals surface area contributed by atoms with Crippen LogP contribution in [0, 0.1) is 11.8 Å². The minimum atomic E-state index is 0.621. The highest BCUT2D eigenvalue weighted by Gasteiger charge is 2.12. The van der Waals surface area contributed by atoms with Crippen molar-refractivity contribution in [2.45, 2.75) is 41.0 Å². The first kappa shape index (κ1) is 16.7. The third-order valence-corrected chi connectivity index (χ3v) is 2.92. The summed E-state index contributed by atoms with van der Waals surface area (Å²) < 4.78 is 5.73. The van der Waals surface area contributed by atoms with Gasteiger partial charge >= 0.3 is 0 Å². The molecule has 114 valence electrons. The van der Waals surface area contributed by atoms with Gasteiger partial charge in [-0.25, -0.2) is 0 Å². The maximum atomic E-state index is 6.02. The van der Waals surface area contributed by atoms with E-state index in [4.69, 9.17) is 10.5 Å². The molecule has 0 aromatic heterocycles. The van der Waals surface area contributed by atoms with Crippen LogP contribution < -0.4 is 15.4 Å². The average Bonchev–Trinajstić information content (AvgIpc) is 2.33. The maximum absolute atomic E-state index is 6.02. The number of anilines is 2. The molecule has 2 N–H and O–H groups in total. The van der Waals surface area contributed by atoms with Gasteiger partial charge in [-0.2, -0.15) is 0 Å². The Labute approximate surface area is 124 Å². The van der Waals surface area contributed by atoms with Crippen LogP contribution >= 0.6 is 0 Å². The van der Waals surface area contributed by atoms with Crippen LogP contribution in [0.25, 0.3) is 0 Å². The SMILES string of the molecule is CCCOc1cc(N)cc(N(CC(C)C)CC(C)C)c1. The van der Waals surface area contributed by atoms with E-state index in [9.17, 15) is 0 Å². The van der Waals surface area contributed by atoms with Gasteiger partial charge in [0.2, 0.25) is 0 Å². The molecular formula is C17H30N2O. The first-order valence-electron chi connectivity index (χ1n) is 7.70. The van der Waals surface area contributed by atoms with Gasteiger partial charge in [0.1, 0.15) is 5.75 Å². The Balaban J connectivity index is 2.95. The monoisotopic (exact) mass is 278 g/mol. The zero-order chi connectivity index (χ0) is 15.1. The normalized spacial score (nSPS) is 11.2. The molecule has 20 heavy (non-hydrogen) atoms. The number of nitrogens with two attached hydrogens (primary N) is 1. The molecule has 0 amide bonds. The highest BCUT2D eigenvalue weighted by atomic mass is 16.5. The van der Waals surface area contributed by atoms with E-state index in [1.807, 2.05) is 12.1 Å². The zero-order valence-corrected chi connectivity index (χ0v) is 13.6. The molecular weight excluding hydrogens is 248 g/mol. The summed E-state index contributed by atoms with van der Waals surface area (Å²) in [5.74, 6) is 2.12. The van der Waals surface area contributed by atoms with E-state index < -0.39 is 0 Å². The Morgan fingerprint density at radius 2 is 1.65 bits per heavy atom. The lowest BCUT2D eigenvalue weighted by Crippen LogP contribution is -2.31. The van der Waals surface area contributed by atoms with Crippen molar-refractivity contribution in [2.75, 3.05) is 30.3 Å². The van der Waals surface area contributed by atoms with E-state index in [0.717, 1.165) is 37.6 Å². The van der Waals surface area contributed by atoms with E-state index in [-0.39, 0.29) is 0 Å². The molecule has 0 aliphatic rings. The number of ether oxygens (including phenoxy) is 1. The lowest BCUT2D eigenvalue weighted by molar-refractivity contribution is 0.317. The second kappa shape index (κ2) is 8.03. The molecule has 0 unspecified atom stereocenters. The molecule has 1 aromatic rings. The van der Waals surface area contributed by atoms with Gasteiger partial charge in [0.15, 0.2) is 0 Å². The average molecular weight is 278 g/mol. The standard InChI is InChI=1S/C17H30N2O/c1-6-7-20-17-9-15(18)8-16(10-17)19(11-13(2)3)12-14(4)5/h8-10,13-14H,6-7,11-12,18H2,1-5H3. The molecule has 0 bridgehead atoms. The molecule has 0 atom stereocenters. The van der Waals surface area contributed by atoms with Gasteiger partial charge in [-0.1, -0.05) is 34.6 Å². The largest absolute Gasteiger partial charge is 0.493 e. The van der Waals surface area contributed by atoms with Gasteiger partial charge < -0.3 is 15.4 Å². The van der Waals surface area contributed by atoms with Gasteiger partial charge in [-0.3, -0.25) is 0 Å². The third kappa shape index (κ3) is 5.72. The van der Waals surface area contributed by atoms with Crippen molar-refractivity contribution in [1.82, 2.24) is 0 Å². The third-order valence-electron chi connectivity index (χ3n) is 2.92. The maximum Gasteiger partial charge on any atom is 0.123 e. The quantitative estimate of drug-likeness (QED) is 0.725. The smallest absolute Gasteiger partial charge is 0.123 e. The molecule has 0 aliphatic carbocycles. The Bertz CT molecular complexity index is 392. The molecule has 0 spiro atoms. The van der Waals surface area contributed by atoms with Crippen molar-refractivity contribution < 1.29 is 4.74 Å². The Kier molecular flexibility index (Phi) is 6.69. The van der Waals surface area contributed by atoms with E-state index >= 15 is 0 Å². The van der Waals surface area contributed by atoms with E-state index in [1.54, 1.807) is 0 Å². The molecule has 1 aromatic carbocycles. The summed E-state index contributed by atoms with van der Waals surface area (Å²) in [6.45, 7) is 13.9. The van der Waals surface area contributed by atoms with Crippen molar-refractivity contribution in [3.05, 3.63) is 18.2 Å². The van der Waals surface area contributed by atoms with Crippen molar-refractivity contribution >= 4 is 11.4 Å². The fourth-order valence-electron chi connectivity index (χ4n) is 2.26. The fourth-order valence-corrected chi connectivity index (χ4v) is 2.26. The number of nitrogen functional groups attached to an aromatic ring is 1. The van der Waals surface area contributed by atoms with Gasteiger partial charge in [0, 0.05) is 36.6 Å². The van der Waals surface area contributed by atoms with E-state index in [1.165, 1.54) is 5.69 Å². The fraction of sp³-hybridized carbons (Fsp3) is 0.647. The Morgan fingerprint density at radius 1 is 1.05 bits per heavy atom. The summed E-state index contributed by atoms with van der Waals surface area (Å²) in [6, 6.07) is 6.06. The van der Waals surface area contributed by atoms with Crippen molar-refractivity contribution in [3.63, 3.8) is 0 Å². The minimum absolute atomic E-state index is 0.621. The molecule has 1 rings (SSSR count). The van der Waals surface area contributed by atoms with Crippen molar-refractivity contribution in [2.24, 2.45) is 11.8 Å². The Hall–Kier alpha value is -1.38. The van der Waals surface area contributed by atoms with Gasteiger partial charge in [0.05, 0.1) is 6.61 Å². The van der Waals surface area contributed by atoms with Crippen LogP contribution in [-0.2, 0) is 0 Å². The molecule has 0 saturated heterocycles. The molecule has 0 fully saturated rings. The summed E-state index contributed by atoms with van der Waals surface area (Å²) in [4.78, 5) is 2.41. The van der Waals surface area contributed by atoms with Crippen LogP contribution in [0.15, 0.2) is 18.2 Å². The van der Waals surface area contributed by atoms with Crippen LogP contribution in [0.2, 0.25) is 0 Å². The molecule has 3 nitrogen and oxygen atoms in total. The van der Waals surface area contributed by atoms with Crippen LogP contribution in [0.3, 0.4) is 0 Å². The summed E-state index contributed by atoms with van der Waals surface area (Å²) in [5.41, 5.74) is 7.96. The van der Waals surface area contributed by atoms with Crippen LogP contribution in [0.5, 0.6) is 5.75 Å². The molecule has 0 aliphatic heterocycles.